The summed E-state index contributed by atoms with van der Waals surface area (Å²) in [5, 5.41) is 25.3. The molecule has 0 radical (unpaired) electrons. The largest absolute Gasteiger partial charge is 1.00 e. The molecular formula is C29H29N2NaO5. The van der Waals surface area contributed by atoms with E-state index in [0.29, 0.717) is 22.5 Å². The summed E-state index contributed by atoms with van der Waals surface area (Å²) in [6, 6.07) is 15.7. The predicted octanol–water partition coefficient (Wildman–Crippen LogP) is -0.406. The molecule has 7 nitrogen and oxygen atoms in total. The minimum Gasteiger partial charge on any atom is -0.545 e. The van der Waals surface area contributed by atoms with E-state index < -0.39 is 11.9 Å². The van der Waals surface area contributed by atoms with Crippen LogP contribution in [0.5, 0.6) is 0 Å². The molecule has 4 rings (SSSR count). The summed E-state index contributed by atoms with van der Waals surface area (Å²) in [6.45, 7) is 11.6. The van der Waals surface area contributed by atoms with Crippen LogP contribution in [-0.4, -0.2) is 38.1 Å². The van der Waals surface area contributed by atoms with Crippen LogP contribution in [0.25, 0.3) is 33.4 Å². The normalized spacial score (nSPS) is 10.8. The molecule has 0 N–H and O–H groups in total. The van der Waals surface area contributed by atoms with Gasteiger partial charge in [0.1, 0.15) is 24.4 Å². The SMILES string of the molecule is CCN(CC)c1ccc2c(-c3ccc(C(=O)[O-])cc3C(=O)[O-])c3ccc(=[N+](CC)CC)cc-3oc2c1.[Na+]. The fourth-order valence-electron chi connectivity index (χ4n) is 4.79. The van der Waals surface area contributed by atoms with Crippen molar-refractivity contribution in [3.05, 3.63) is 71.1 Å². The zero-order valence-electron chi connectivity index (χ0n) is 22.0. The van der Waals surface area contributed by atoms with Gasteiger partial charge < -0.3 is 29.1 Å². The molecule has 0 saturated carbocycles. The van der Waals surface area contributed by atoms with Gasteiger partial charge in [-0.1, -0.05) is 12.1 Å². The van der Waals surface area contributed by atoms with Crippen molar-refractivity contribution in [3.63, 3.8) is 0 Å². The van der Waals surface area contributed by atoms with Crippen LogP contribution >= 0.6 is 0 Å². The maximum atomic E-state index is 12.1. The quantitative estimate of drug-likeness (QED) is 0.182. The first-order valence-corrected chi connectivity index (χ1v) is 12.2. The van der Waals surface area contributed by atoms with Crippen LogP contribution in [0, 0.1) is 0 Å². The Bertz CT molecular complexity index is 1500. The number of hydrogen-bond acceptors (Lipinski definition) is 6. The summed E-state index contributed by atoms with van der Waals surface area (Å²) < 4.78 is 8.61. The van der Waals surface area contributed by atoms with E-state index in [-0.39, 0.29) is 40.7 Å². The van der Waals surface area contributed by atoms with Crippen molar-refractivity contribution in [2.24, 2.45) is 0 Å². The third-order valence-corrected chi connectivity index (χ3v) is 6.69. The number of nitrogens with zero attached hydrogens (tertiary/aromatic N) is 2. The second-order valence-electron chi connectivity index (χ2n) is 8.52. The summed E-state index contributed by atoms with van der Waals surface area (Å²) in [5.74, 6) is -2.31. The Morgan fingerprint density at radius 2 is 1.51 bits per heavy atom. The number of rotatable bonds is 8. The van der Waals surface area contributed by atoms with Gasteiger partial charge in [-0.2, -0.15) is 0 Å². The van der Waals surface area contributed by atoms with Crippen LogP contribution in [0.2, 0.25) is 0 Å². The Labute approximate surface area is 238 Å². The Morgan fingerprint density at radius 3 is 2.11 bits per heavy atom. The van der Waals surface area contributed by atoms with Gasteiger partial charge >= 0.3 is 29.6 Å². The van der Waals surface area contributed by atoms with Crippen LogP contribution in [-0.2, 0) is 0 Å². The molecule has 0 aromatic heterocycles. The van der Waals surface area contributed by atoms with Crippen molar-refractivity contribution in [2.45, 2.75) is 27.7 Å². The molecular weight excluding hydrogens is 479 g/mol. The maximum absolute atomic E-state index is 12.1. The van der Waals surface area contributed by atoms with Gasteiger partial charge in [0.05, 0.1) is 18.0 Å². The molecule has 0 bridgehead atoms. The van der Waals surface area contributed by atoms with Gasteiger partial charge in [-0.25, -0.2) is 4.58 Å². The zero-order valence-corrected chi connectivity index (χ0v) is 24.0. The molecule has 0 spiro atoms. The number of hydrogen-bond donors (Lipinski definition) is 0. The van der Waals surface area contributed by atoms with Gasteiger partial charge in [0.15, 0.2) is 0 Å². The van der Waals surface area contributed by atoms with E-state index in [1.165, 1.54) is 12.1 Å². The summed E-state index contributed by atoms with van der Waals surface area (Å²) in [6.07, 6.45) is 0. The van der Waals surface area contributed by atoms with Crippen LogP contribution in [0.3, 0.4) is 0 Å². The number of carbonyl (C=O) groups excluding carboxylic acids is 2. The molecule has 37 heavy (non-hydrogen) atoms. The van der Waals surface area contributed by atoms with Crippen molar-refractivity contribution in [3.8, 4) is 22.5 Å². The van der Waals surface area contributed by atoms with Gasteiger partial charge in [0.2, 0.25) is 5.36 Å². The van der Waals surface area contributed by atoms with Crippen molar-refractivity contribution in [1.82, 2.24) is 4.58 Å². The third kappa shape index (κ3) is 5.44. The first-order chi connectivity index (χ1) is 17.3. The Balaban J connectivity index is 0.00000380. The molecule has 8 heteroatoms. The van der Waals surface area contributed by atoms with E-state index in [0.717, 1.165) is 54.2 Å². The van der Waals surface area contributed by atoms with E-state index in [1.54, 1.807) is 0 Å². The van der Waals surface area contributed by atoms with Crippen molar-refractivity contribution >= 4 is 28.6 Å². The van der Waals surface area contributed by atoms with Gasteiger partial charge in [-0.3, -0.25) is 0 Å². The molecule has 2 aliphatic rings. The number of carbonyl (C=O) groups is 2. The smallest absolute Gasteiger partial charge is 0.545 e. The van der Waals surface area contributed by atoms with Gasteiger partial charge in [-0.05, 0) is 63.1 Å². The molecule has 1 aliphatic heterocycles. The first kappa shape index (κ1) is 28.4. The van der Waals surface area contributed by atoms with Crippen LogP contribution < -0.4 is 54.6 Å². The van der Waals surface area contributed by atoms with E-state index in [9.17, 15) is 19.8 Å². The number of benzene rings is 3. The first-order valence-electron chi connectivity index (χ1n) is 12.2. The summed E-state index contributed by atoms with van der Waals surface area (Å²) in [5.41, 5.74) is 2.88. The van der Waals surface area contributed by atoms with E-state index in [2.05, 4.69) is 37.2 Å². The Morgan fingerprint density at radius 1 is 0.838 bits per heavy atom. The molecule has 0 atom stereocenters. The van der Waals surface area contributed by atoms with Crippen molar-refractivity contribution in [1.29, 1.82) is 0 Å². The molecule has 1 heterocycles. The minimum atomic E-state index is -1.46. The number of carboxylic acid groups (broad SMARTS) is 2. The Hall–Kier alpha value is -3.13. The van der Waals surface area contributed by atoms with Gasteiger partial charge in [0.25, 0.3) is 0 Å². The number of carboxylic acids is 2. The molecule has 0 unspecified atom stereocenters. The average Bonchev–Trinajstić information content (AvgIpc) is 2.88. The van der Waals surface area contributed by atoms with Crippen LogP contribution in [0.15, 0.2) is 59.0 Å². The number of fused-ring (bicyclic) bond motifs is 2. The fourth-order valence-corrected chi connectivity index (χ4v) is 4.79. The number of anilines is 1. The van der Waals surface area contributed by atoms with Crippen molar-refractivity contribution < 1.29 is 53.8 Å². The van der Waals surface area contributed by atoms with Gasteiger partial charge in [0, 0.05) is 53.0 Å². The average molecular weight is 509 g/mol. The van der Waals surface area contributed by atoms with Crippen LogP contribution in [0.1, 0.15) is 48.4 Å². The second kappa shape index (κ2) is 11.9. The van der Waals surface area contributed by atoms with E-state index in [1.807, 2.05) is 36.4 Å². The second-order valence-corrected chi connectivity index (χ2v) is 8.52. The number of aromatic carboxylic acids is 2. The molecule has 0 amide bonds. The Kier molecular flexibility index (Phi) is 9.18. The molecule has 2 aromatic carbocycles. The maximum Gasteiger partial charge on any atom is 1.00 e. The fraction of sp³-hybridized carbons (Fsp3) is 0.276. The predicted molar refractivity (Wildman–Crippen MR) is 137 cm³/mol. The molecule has 2 aromatic rings. The third-order valence-electron chi connectivity index (χ3n) is 6.69. The minimum absolute atomic E-state index is 0. The molecule has 186 valence electrons. The van der Waals surface area contributed by atoms with Crippen molar-refractivity contribution in [2.75, 3.05) is 31.1 Å². The zero-order chi connectivity index (χ0) is 26.0. The summed E-state index contributed by atoms with van der Waals surface area (Å²) >= 11 is 0. The topological polar surface area (TPSA) is 99.7 Å². The molecule has 0 saturated heterocycles. The molecule has 0 fully saturated rings. The summed E-state index contributed by atoms with van der Waals surface area (Å²) in [4.78, 5) is 25.7. The standard InChI is InChI=1S/C29H30N2O5.Na/c1-5-30(6-2)19-10-13-22-25(16-19)36-26-17-20(31(7-3)8-4)11-14-23(26)27(22)21-12-9-18(28(32)33)15-24(21)29(34)35;/h9-17H,5-8H2,1-4H3,(H-,32,33,34,35);/q;+1/p-1. The molecule has 1 aliphatic carbocycles. The van der Waals surface area contributed by atoms with E-state index in [4.69, 9.17) is 4.42 Å². The summed E-state index contributed by atoms with van der Waals surface area (Å²) in [7, 11) is 0. The monoisotopic (exact) mass is 508 g/mol. The van der Waals surface area contributed by atoms with Crippen LogP contribution in [0.4, 0.5) is 5.69 Å². The van der Waals surface area contributed by atoms with Gasteiger partial charge in [-0.15, -0.1) is 0 Å². The van der Waals surface area contributed by atoms with E-state index >= 15 is 0 Å².